The summed E-state index contributed by atoms with van der Waals surface area (Å²) >= 11 is 0. The van der Waals surface area contributed by atoms with E-state index in [9.17, 15) is 0 Å². The van der Waals surface area contributed by atoms with Crippen molar-refractivity contribution in [2.75, 3.05) is 0 Å². The molecule has 0 radical (unpaired) electrons. The monoisotopic (exact) mass is 736 g/mol. The average molecular weight is 737 g/mol. The highest BCUT2D eigenvalue weighted by molar-refractivity contribution is 6.20. The van der Waals surface area contributed by atoms with Gasteiger partial charge in [0.15, 0.2) is 0 Å². The van der Waals surface area contributed by atoms with Crippen LogP contribution in [-0.4, -0.2) is 19.1 Å². The summed E-state index contributed by atoms with van der Waals surface area (Å²) in [6.45, 7) is 0. The molecule has 0 saturated carbocycles. The normalized spacial score (nSPS) is 12.1. The van der Waals surface area contributed by atoms with Gasteiger partial charge in [0.25, 0.3) is 0 Å². The summed E-state index contributed by atoms with van der Waals surface area (Å²) in [5, 5.41) is 8.34. The van der Waals surface area contributed by atoms with E-state index in [1.165, 1.54) is 65.6 Å². The maximum atomic E-state index is 5.55. The third-order valence-electron chi connectivity index (χ3n) is 12.3. The lowest BCUT2D eigenvalue weighted by atomic mass is 9.95. The molecular formula is C54H32N4. The molecule has 58 heavy (non-hydrogen) atoms. The third kappa shape index (κ3) is 4.34. The van der Waals surface area contributed by atoms with Gasteiger partial charge >= 0.3 is 0 Å². The van der Waals surface area contributed by atoms with Gasteiger partial charge in [-0.15, -0.1) is 0 Å². The third-order valence-corrected chi connectivity index (χ3v) is 12.3. The molecule has 1 aliphatic rings. The molecule has 12 aromatic rings. The molecule has 4 nitrogen and oxygen atoms in total. The first-order valence-corrected chi connectivity index (χ1v) is 19.8. The van der Waals surface area contributed by atoms with E-state index in [1.54, 1.807) is 0 Å². The van der Waals surface area contributed by atoms with Gasteiger partial charge in [0, 0.05) is 38.2 Å². The van der Waals surface area contributed by atoms with E-state index in [0.717, 1.165) is 50.0 Å². The van der Waals surface area contributed by atoms with Gasteiger partial charge in [-0.2, -0.15) is 0 Å². The average Bonchev–Trinajstić information content (AvgIpc) is 3.92. The van der Waals surface area contributed by atoms with Crippen LogP contribution in [-0.2, 0) is 0 Å². The molecule has 0 saturated heterocycles. The van der Waals surface area contributed by atoms with Crippen molar-refractivity contribution in [2.24, 2.45) is 0 Å². The minimum absolute atomic E-state index is 0.657. The lowest BCUT2D eigenvalue weighted by Gasteiger charge is -2.14. The number of fused-ring (bicyclic) bond motifs is 10. The molecule has 0 fully saturated rings. The van der Waals surface area contributed by atoms with Crippen LogP contribution in [0.5, 0.6) is 0 Å². The van der Waals surface area contributed by atoms with Gasteiger partial charge in [0.1, 0.15) is 0 Å². The van der Waals surface area contributed by atoms with Crippen molar-refractivity contribution in [1.29, 1.82) is 0 Å². The van der Waals surface area contributed by atoms with Crippen LogP contribution in [0.3, 0.4) is 0 Å². The Morgan fingerprint density at radius 1 is 0.310 bits per heavy atom. The largest absolute Gasteiger partial charge is 0.309 e. The Balaban J connectivity index is 1.04. The molecule has 0 bridgehead atoms. The van der Waals surface area contributed by atoms with Crippen LogP contribution in [0.2, 0.25) is 0 Å². The number of aromatic nitrogens is 4. The Morgan fingerprint density at radius 2 is 0.879 bits per heavy atom. The maximum absolute atomic E-state index is 5.55. The lowest BCUT2D eigenvalue weighted by molar-refractivity contribution is 1.01. The first-order chi connectivity index (χ1) is 28.8. The zero-order valence-electron chi connectivity index (χ0n) is 31.3. The maximum Gasteiger partial charge on any atom is 0.235 e. The van der Waals surface area contributed by atoms with Crippen molar-refractivity contribution in [3.8, 4) is 56.3 Å². The highest BCUT2D eigenvalue weighted by Crippen LogP contribution is 2.49. The molecule has 268 valence electrons. The summed E-state index contributed by atoms with van der Waals surface area (Å²) in [7, 11) is 0. The predicted molar refractivity (Wildman–Crippen MR) is 241 cm³/mol. The zero-order chi connectivity index (χ0) is 37.9. The second-order valence-electron chi connectivity index (χ2n) is 15.3. The fraction of sp³-hybridized carbons (Fsp3) is 0. The van der Waals surface area contributed by atoms with Gasteiger partial charge in [-0.3, -0.25) is 4.57 Å². The minimum atomic E-state index is 0.657. The van der Waals surface area contributed by atoms with Crippen LogP contribution in [0.4, 0.5) is 0 Å². The second-order valence-corrected chi connectivity index (χ2v) is 15.3. The highest BCUT2D eigenvalue weighted by atomic mass is 15.2. The molecule has 3 aromatic heterocycles. The summed E-state index contributed by atoms with van der Waals surface area (Å²) in [4.78, 5) is 10.9. The van der Waals surface area contributed by atoms with Crippen LogP contribution in [0, 0.1) is 0 Å². The molecule has 0 amide bonds. The fourth-order valence-electron chi connectivity index (χ4n) is 9.76. The van der Waals surface area contributed by atoms with Crippen molar-refractivity contribution < 1.29 is 0 Å². The Hall–Kier alpha value is -7.82. The van der Waals surface area contributed by atoms with E-state index < -0.39 is 0 Å². The van der Waals surface area contributed by atoms with Gasteiger partial charge < -0.3 is 4.57 Å². The van der Waals surface area contributed by atoms with Gasteiger partial charge in [0.05, 0.1) is 33.3 Å². The Labute approximate surface area is 333 Å². The molecule has 0 atom stereocenters. The highest BCUT2D eigenvalue weighted by Gasteiger charge is 2.24. The lowest BCUT2D eigenvalue weighted by Crippen LogP contribution is -2.03. The van der Waals surface area contributed by atoms with Crippen molar-refractivity contribution in [2.45, 2.75) is 0 Å². The molecule has 0 N–H and O–H groups in total. The molecule has 13 rings (SSSR count). The number of para-hydroxylation sites is 4. The number of nitrogens with zero attached hydrogens (tertiary/aromatic N) is 4. The van der Waals surface area contributed by atoms with Gasteiger partial charge in [-0.1, -0.05) is 146 Å². The van der Waals surface area contributed by atoms with Crippen molar-refractivity contribution >= 4 is 65.3 Å². The summed E-state index contributed by atoms with van der Waals surface area (Å²) in [6, 6.07) is 70.1. The Morgan fingerprint density at radius 3 is 1.71 bits per heavy atom. The molecule has 3 heterocycles. The quantitative estimate of drug-likeness (QED) is 0.180. The van der Waals surface area contributed by atoms with Crippen LogP contribution in [0.1, 0.15) is 0 Å². The molecular weight excluding hydrogens is 705 g/mol. The zero-order valence-corrected chi connectivity index (χ0v) is 31.3. The van der Waals surface area contributed by atoms with E-state index in [2.05, 4.69) is 203 Å². The fourth-order valence-corrected chi connectivity index (χ4v) is 9.76. The topological polar surface area (TPSA) is 35.6 Å². The van der Waals surface area contributed by atoms with E-state index in [-0.39, 0.29) is 0 Å². The minimum Gasteiger partial charge on any atom is -0.309 e. The van der Waals surface area contributed by atoms with Gasteiger partial charge in [-0.05, 0) is 92.7 Å². The van der Waals surface area contributed by atoms with Crippen molar-refractivity contribution in [1.82, 2.24) is 19.1 Å². The van der Waals surface area contributed by atoms with E-state index in [0.29, 0.717) is 5.95 Å². The Bertz CT molecular complexity index is 3650. The first kappa shape index (κ1) is 31.4. The summed E-state index contributed by atoms with van der Waals surface area (Å²) in [5.74, 6) is 0.657. The summed E-state index contributed by atoms with van der Waals surface area (Å²) < 4.78 is 4.63. The number of hydrogen-bond acceptors (Lipinski definition) is 2. The van der Waals surface area contributed by atoms with E-state index in [1.807, 2.05) is 0 Å². The van der Waals surface area contributed by atoms with Crippen molar-refractivity contribution in [3.05, 3.63) is 194 Å². The smallest absolute Gasteiger partial charge is 0.235 e. The van der Waals surface area contributed by atoms with Crippen LogP contribution in [0.15, 0.2) is 194 Å². The van der Waals surface area contributed by atoms with Crippen molar-refractivity contribution in [3.63, 3.8) is 0 Å². The standard InChI is InChI=1S/C54H32N4/c1-2-13-35(14-3-1)57-48-23-10-8-18-39(48)46-31-33(26-30-50(46)57)34-25-27-40-38-17-7-11-24-49(38)58(51(40)32-34)54-55-47-22-9-6-19-45(47)53(56-54)44-29-28-43-37-16-5-4-15-36(37)41-20-12-21-42(44)52(41)43/h1-32H. The van der Waals surface area contributed by atoms with Crippen LogP contribution >= 0.6 is 0 Å². The summed E-state index contributed by atoms with van der Waals surface area (Å²) in [6.07, 6.45) is 0. The molecule has 1 aliphatic carbocycles. The van der Waals surface area contributed by atoms with Gasteiger partial charge in [0.2, 0.25) is 5.95 Å². The Kier molecular flexibility index (Phi) is 6.41. The number of benzene rings is 9. The second kappa shape index (κ2) is 11.8. The molecule has 0 unspecified atom stereocenters. The van der Waals surface area contributed by atoms with E-state index >= 15 is 0 Å². The van der Waals surface area contributed by atoms with Crippen LogP contribution in [0.25, 0.3) is 122 Å². The van der Waals surface area contributed by atoms with Gasteiger partial charge in [-0.25, -0.2) is 9.97 Å². The SMILES string of the molecule is c1ccc(-n2c3ccccc3c3cc(-c4ccc5c6ccccc6n(-c6nc(-c7ccc8c9c(cccc79)-c7ccccc7-8)c7ccccc7n6)c5c4)ccc32)cc1. The number of hydrogen-bond donors (Lipinski definition) is 0. The molecule has 0 aliphatic heterocycles. The first-order valence-electron chi connectivity index (χ1n) is 19.8. The number of rotatable bonds is 4. The van der Waals surface area contributed by atoms with Crippen LogP contribution < -0.4 is 0 Å². The molecule has 9 aromatic carbocycles. The summed E-state index contributed by atoms with van der Waals surface area (Å²) in [5.41, 5.74) is 16.1. The predicted octanol–water partition coefficient (Wildman–Crippen LogP) is 14.0. The van der Waals surface area contributed by atoms with E-state index in [4.69, 9.17) is 9.97 Å². The molecule has 0 spiro atoms. The molecule has 4 heteroatoms.